The molecule has 26 heavy (non-hydrogen) atoms. The van der Waals surface area contributed by atoms with Crippen molar-refractivity contribution < 1.29 is 4.39 Å². The third-order valence-electron chi connectivity index (χ3n) is 4.57. The molecule has 1 aromatic heterocycles. The number of hydrogen-bond donors (Lipinski definition) is 2. The molecule has 4 nitrogen and oxygen atoms in total. The fourth-order valence-electron chi connectivity index (χ4n) is 2.98. The number of benzene rings is 1. The minimum atomic E-state index is -0.171. The monoisotopic (exact) mass is 468 g/mol. The van der Waals surface area contributed by atoms with Crippen LogP contribution in [0.1, 0.15) is 36.7 Å². The molecule has 1 saturated carbocycles. The van der Waals surface area contributed by atoms with Gasteiger partial charge in [-0.05, 0) is 56.5 Å². The lowest BCUT2D eigenvalue weighted by molar-refractivity contribution is 0.607. The molecule has 1 fully saturated rings. The maximum absolute atomic E-state index is 13.5. The van der Waals surface area contributed by atoms with Crippen LogP contribution in [0.4, 0.5) is 4.39 Å². The van der Waals surface area contributed by atoms with Crippen molar-refractivity contribution in [1.82, 2.24) is 15.6 Å². The molecule has 1 heterocycles. The molecule has 2 N–H and O–H groups in total. The van der Waals surface area contributed by atoms with Crippen molar-refractivity contribution in [3.05, 3.63) is 65.2 Å². The maximum Gasteiger partial charge on any atom is 0.191 e. The van der Waals surface area contributed by atoms with Gasteiger partial charge in [0.1, 0.15) is 5.82 Å². The molecule has 0 amide bonds. The summed E-state index contributed by atoms with van der Waals surface area (Å²) in [6.45, 7) is 6.10. The molecule has 0 atom stereocenters. The van der Waals surface area contributed by atoms with Gasteiger partial charge in [0.2, 0.25) is 0 Å². The number of aromatic nitrogens is 1. The fourth-order valence-corrected chi connectivity index (χ4v) is 2.98. The van der Waals surface area contributed by atoms with Crippen molar-refractivity contribution in [3.8, 4) is 0 Å². The summed E-state index contributed by atoms with van der Waals surface area (Å²) >= 11 is 0. The first-order valence-electron chi connectivity index (χ1n) is 8.82. The lowest BCUT2D eigenvalue weighted by Crippen LogP contribution is -2.41. The van der Waals surface area contributed by atoms with Gasteiger partial charge >= 0.3 is 0 Å². The van der Waals surface area contributed by atoms with Gasteiger partial charge in [0.15, 0.2) is 5.96 Å². The summed E-state index contributed by atoms with van der Waals surface area (Å²) in [5.41, 5.74) is 3.04. The number of halogens is 2. The number of rotatable bonds is 6. The molecule has 0 bridgehead atoms. The van der Waals surface area contributed by atoms with Gasteiger partial charge in [0, 0.05) is 24.2 Å². The summed E-state index contributed by atoms with van der Waals surface area (Å²) in [5.74, 6) is 0.600. The highest BCUT2D eigenvalue weighted by Crippen LogP contribution is 2.47. The van der Waals surface area contributed by atoms with E-state index in [1.807, 2.05) is 38.1 Å². The van der Waals surface area contributed by atoms with Crippen LogP contribution in [0.5, 0.6) is 0 Å². The predicted octanol–water partition coefficient (Wildman–Crippen LogP) is 3.93. The maximum atomic E-state index is 13.5. The second-order valence-electron chi connectivity index (χ2n) is 6.61. The molecule has 1 aliphatic carbocycles. The zero-order chi connectivity index (χ0) is 17.7. The Morgan fingerprint density at radius 1 is 1.19 bits per heavy atom. The molecular formula is C20H26FIN4. The average Bonchev–Trinajstić information content (AvgIpc) is 3.39. The van der Waals surface area contributed by atoms with Crippen molar-refractivity contribution in [2.24, 2.45) is 4.99 Å². The molecule has 1 aliphatic rings. The average molecular weight is 468 g/mol. The SMILES string of the molecule is CCNC(=NCc1cccc(C)n1)NCC1(c2cccc(F)c2)CC1.I. The molecule has 0 saturated heterocycles. The van der Waals surface area contributed by atoms with E-state index in [0.29, 0.717) is 6.54 Å². The molecule has 3 rings (SSSR count). The Morgan fingerprint density at radius 2 is 1.96 bits per heavy atom. The summed E-state index contributed by atoms with van der Waals surface area (Å²) in [5, 5.41) is 6.68. The van der Waals surface area contributed by atoms with E-state index < -0.39 is 0 Å². The first kappa shape index (κ1) is 20.6. The standard InChI is InChI=1S/C20H25FN4.HI/c1-3-22-19(23-13-18-9-4-6-15(2)25-18)24-14-20(10-11-20)16-7-5-8-17(21)12-16;/h4-9,12H,3,10-11,13-14H2,1-2H3,(H2,22,23,24);1H. The highest BCUT2D eigenvalue weighted by atomic mass is 127. The van der Waals surface area contributed by atoms with Crippen LogP contribution in [-0.4, -0.2) is 24.0 Å². The summed E-state index contributed by atoms with van der Waals surface area (Å²) < 4.78 is 13.5. The van der Waals surface area contributed by atoms with Gasteiger partial charge in [-0.25, -0.2) is 9.38 Å². The molecule has 140 valence electrons. The van der Waals surface area contributed by atoms with Crippen LogP contribution in [0.15, 0.2) is 47.5 Å². The Morgan fingerprint density at radius 3 is 2.62 bits per heavy atom. The van der Waals surface area contributed by atoms with Crippen molar-refractivity contribution in [2.45, 2.75) is 38.6 Å². The van der Waals surface area contributed by atoms with E-state index in [-0.39, 0.29) is 35.2 Å². The summed E-state index contributed by atoms with van der Waals surface area (Å²) in [6, 6.07) is 12.9. The van der Waals surface area contributed by atoms with Crippen molar-refractivity contribution in [3.63, 3.8) is 0 Å². The van der Waals surface area contributed by atoms with Crippen LogP contribution >= 0.6 is 24.0 Å². The van der Waals surface area contributed by atoms with Crippen LogP contribution in [0.3, 0.4) is 0 Å². The second-order valence-corrected chi connectivity index (χ2v) is 6.61. The van der Waals surface area contributed by atoms with E-state index in [9.17, 15) is 4.39 Å². The van der Waals surface area contributed by atoms with E-state index in [1.165, 1.54) is 6.07 Å². The Bertz CT molecular complexity index is 759. The normalized spacial score (nSPS) is 15.1. The smallest absolute Gasteiger partial charge is 0.191 e. The van der Waals surface area contributed by atoms with E-state index >= 15 is 0 Å². The first-order valence-corrected chi connectivity index (χ1v) is 8.82. The van der Waals surface area contributed by atoms with Crippen LogP contribution < -0.4 is 10.6 Å². The minimum absolute atomic E-state index is 0. The molecule has 0 unspecified atom stereocenters. The van der Waals surface area contributed by atoms with Crippen molar-refractivity contribution >= 4 is 29.9 Å². The molecule has 2 aromatic rings. The number of guanidine groups is 1. The molecular weight excluding hydrogens is 442 g/mol. The van der Waals surface area contributed by atoms with Crippen LogP contribution in [0.25, 0.3) is 0 Å². The number of hydrogen-bond acceptors (Lipinski definition) is 2. The zero-order valence-corrected chi connectivity index (χ0v) is 17.6. The molecule has 0 aliphatic heterocycles. The van der Waals surface area contributed by atoms with Crippen LogP contribution in [0.2, 0.25) is 0 Å². The number of nitrogens with one attached hydrogen (secondary N) is 2. The first-order chi connectivity index (χ1) is 12.1. The number of nitrogens with zero attached hydrogens (tertiary/aromatic N) is 2. The second kappa shape index (κ2) is 9.30. The highest BCUT2D eigenvalue weighted by molar-refractivity contribution is 14.0. The summed E-state index contributed by atoms with van der Waals surface area (Å²) in [7, 11) is 0. The zero-order valence-electron chi connectivity index (χ0n) is 15.3. The largest absolute Gasteiger partial charge is 0.357 e. The Kier molecular flexibility index (Phi) is 7.37. The van der Waals surface area contributed by atoms with Crippen molar-refractivity contribution in [2.75, 3.05) is 13.1 Å². The minimum Gasteiger partial charge on any atom is -0.357 e. The molecule has 0 radical (unpaired) electrons. The van der Waals surface area contributed by atoms with Crippen molar-refractivity contribution in [1.29, 1.82) is 0 Å². The van der Waals surface area contributed by atoms with Gasteiger partial charge in [0.25, 0.3) is 0 Å². The number of pyridine rings is 1. The summed E-state index contributed by atoms with van der Waals surface area (Å²) in [4.78, 5) is 9.10. The Labute approximate surface area is 171 Å². The van der Waals surface area contributed by atoms with E-state index in [2.05, 4.69) is 20.6 Å². The van der Waals surface area contributed by atoms with E-state index in [0.717, 1.165) is 48.8 Å². The third-order valence-corrected chi connectivity index (χ3v) is 4.57. The Hall–Kier alpha value is -1.70. The lowest BCUT2D eigenvalue weighted by Gasteiger charge is -2.19. The summed E-state index contributed by atoms with van der Waals surface area (Å²) in [6.07, 6.45) is 2.14. The van der Waals surface area contributed by atoms with E-state index in [1.54, 1.807) is 12.1 Å². The van der Waals surface area contributed by atoms with Gasteiger partial charge in [-0.15, -0.1) is 24.0 Å². The van der Waals surface area contributed by atoms with Gasteiger partial charge in [-0.2, -0.15) is 0 Å². The van der Waals surface area contributed by atoms with Gasteiger partial charge in [0.05, 0.1) is 12.2 Å². The predicted molar refractivity (Wildman–Crippen MR) is 115 cm³/mol. The molecule has 0 spiro atoms. The molecule has 1 aromatic carbocycles. The Balaban J connectivity index is 0.00000243. The van der Waals surface area contributed by atoms with Crippen LogP contribution in [-0.2, 0) is 12.0 Å². The van der Waals surface area contributed by atoms with Crippen LogP contribution in [0, 0.1) is 12.7 Å². The van der Waals surface area contributed by atoms with Gasteiger partial charge in [-0.3, -0.25) is 4.98 Å². The number of aryl methyl sites for hydroxylation is 1. The van der Waals surface area contributed by atoms with Gasteiger partial charge < -0.3 is 10.6 Å². The lowest BCUT2D eigenvalue weighted by atomic mass is 9.96. The topological polar surface area (TPSA) is 49.3 Å². The fraction of sp³-hybridized carbons (Fsp3) is 0.400. The number of aliphatic imine (C=N–C) groups is 1. The highest BCUT2D eigenvalue weighted by Gasteiger charge is 2.44. The quantitative estimate of drug-likeness (QED) is 0.384. The molecule has 6 heteroatoms. The van der Waals surface area contributed by atoms with E-state index in [4.69, 9.17) is 0 Å². The third kappa shape index (κ3) is 5.40. The van der Waals surface area contributed by atoms with Gasteiger partial charge in [-0.1, -0.05) is 18.2 Å².